The number of anilines is 1. The monoisotopic (exact) mass is 333 g/mol. The molecule has 134 valence electrons. The Balaban J connectivity index is 2.39. The Bertz CT molecular complexity index is 566. The lowest BCUT2D eigenvalue weighted by Crippen LogP contribution is -2.42. The van der Waals surface area contributed by atoms with E-state index in [0.717, 1.165) is 30.9 Å². The molecular weight excluding hydrogens is 302 g/mol. The molecule has 2 heterocycles. The van der Waals surface area contributed by atoms with Crippen LogP contribution >= 0.6 is 0 Å². The minimum absolute atomic E-state index is 0.0232. The molecule has 1 saturated heterocycles. The molecule has 0 bridgehead atoms. The topological polar surface area (TPSA) is 45.7 Å². The molecule has 1 aliphatic heterocycles. The molecule has 1 aromatic rings. The minimum Gasteiger partial charge on any atom is -0.443 e. The number of aromatic nitrogens is 1. The van der Waals surface area contributed by atoms with Gasteiger partial charge in [-0.15, -0.1) is 0 Å². The summed E-state index contributed by atoms with van der Waals surface area (Å²) in [6, 6.07) is 4.35. The van der Waals surface area contributed by atoms with Crippen LogP contribution in [0.2, 0.25) is 0 Å². The Morgan fingerprint density at radius 2 is 2.17 bits per heavy atom. The van der Waals surface area contributed by atoms with Gasteiger partial charge in [0.05, 0.1) is 0 Å². The van der Waals surface area contributed by atoms with Crippen LogP contribution < -0.4 is 4.90 Å². The fraction of sp³-hybridized carbons (Fsp3) is 0.684. The average Bonchev–Trinajstić information content (AvgIpc) is 2.94. The van der Waals surface area contributed by atoms with E-state index in [-0.39, 0.29) is 12.1 Å². The van der Waals surface area contributed by atoms with Gasteiger partial charge in [0.2, 0.25) is 0 Å². The third kappa shape index (κ3) is 4.26. The number of ether oxygens (including phenoxy) is 1. The van der Waals surface area contributed by atoms with Crippen molar-refractivity contribution in [3.05, 3.63) is 23.9 Å². The number of amides is 1. The molecule has 1 aliphatic rings. The lowest BCUT2D eigenvalue weighted by molar-refractivity contribution is 0.0568. The van der Waals surface area contributed by atoms with Crippen molar-refractivity contribution in [1.82, 2.24) is 9.88 Å². The zero-order chi connectivity index (χ0) is 17.9. The molecule has 0 unspecified atom stereocenters. The van der Waals surface area contributed by atoms with E-state index in [1.807, 2.05) is 40.7 Å². The Hall–Kier alpha value is -1.62. The van der Waals surface area contributed by atoms with Crippen molar-refractivity contribution in [3.63, 3.8) is 0 Å². The maximum atomic E-state index is 12.8. The molecule has 1 fully saturated rings. The van der Waals surface area contributed by atoms with E-state index in [9.17, 15) is 4.79 Å². The summed E-state index contributed by atoms with van der Waals surface area (Å²) >= 11 is 0. The second-order valence-electron chi connectivity index (χ2n) is 7.65. The first-order chi connectivity index (χ1) is 11.2. The fourth-order valence-electron chi connectivity index (χ4n) is 3.28. The van der Waals surface area contributed by atoms with Crippen LogP contribution in [-0.4, -0.2) is 40.7 Å². The van der Waals surface area contributed by atoms with Crippen molar-refractivity contribution in [2.45, 2.75) is 72.1 Å². The average molecular weight is 333 g/mol. The standard InChI is InChI=1S/C19H31N3O2/c1-7-21-13-9-11-16(21)15-10-8-12-20-17(15)22(14(2)3)18(23)24-19(4,5)6/h8,10,12,14,16H,7,9,11,13H2,1-6H3/t16-/m0/s1. The molecule has 0 N–H and O–H groups in total. The second-order valence-corrected chi connectivity index (χ2v) is 7.65. The largest absolute Gasteiger partial charge is 0.443 e. The molecule has 0 aliphatic carbocycles. The second kappa shape index (κ2) is 7.51. The third-order valence-electron chi connectivity index (χ3n) is 4.28. The smallest absolute Gasteiger partial charge is 0.416 e. The molecule has 0 radical (unpaired) electrons. The van der Waals surface area contributed by atoms with E-state index in [2.05, 4.69) is 22.9 Å². The molecular formula is C19H31N3O2. The van der Waals surface area contributed by atoms with Gasteiger partial charge in [-0.05, 0) is 66.6 Å². The number of pyridine rings is 1. The van der Waals surface area contributed by atoms with Gasteiger partial charge in [-0.25, -0.2) is 9.78 Å². The van der Waals surface area contributed by atoms with Gasteiger partial charge in [-0.3, -0.25) is 9.80 Å². The number of nitrogens with zero attached hydrogens (tertiary/aromatic N) is 3. The lowest BCUT2D eigenvalue weighted by atomic mass is 10.0. The first kappa shape index (κ1) is 18.7. The Morgan fingerprint density at radius 1 is 1.46 bits per heavy atom. The van der Waals surface area contributed by atoms with Gasteiger partial charge in [-0.1, -0.05) is 13.0 Å². The van der Waals surface area contributed by atoms with Crippen LogP contribution in [0.25, 0.3) is 0 Å². The molecule has 1 atom stereocenters. The summed E-state index contributed by atoms with van der Waals surface area (Å²) in [5, 5.41) is 0. The van der Waals surface area contributed by atoms with Gasteiger partial charge in [-0.2, -0.15) is 0 Å². The number of hydrogen-bond donors (Lipinski definition) is 0. The molecule has 5 nitrogen and oxygen atoms in total. The summed E-state index contributed by atoms with van der Waals surface area (Å²) < 4.78 is 5.62. The van der Waals surface area contributed by atoms with Gasteiger partial charge in [0.25, 0.3) is 0 Å². The zero-order valence-corrected chi connectivity index (χ0v) is 15.9. The quantitative estimate of drug-likeness (QED) is 0.820. The highest BCUT2D eigenvalue weighted by atomic mass is 16.6. The lowest BCUT2D eigenvalue weighted by Gasteiger charge is -2.32. The molecule has 0 aromatic carbocycles. The summed E-state index contributed by atoms with van der Waals surface area (Å²) in [5.74, 6) is 0.729. The molecule has 5 heteroatoms. The van der Waals surface area contributed by atoms with Crippen LogP contribution in [0.1, 0.15) is 66.0 Å². The molecule has 2 rings (SSSR count). The highest BCUT2D eigenvalue weighted by Crippen LogP contribution is 2.36. The predicted molar refractivity (Wildman–Crippen MR) is 97.3 cm³/mol. The van der Waals surface area contributed by atoms with E-state index >= 15 is 0 Å². The van der Waals surface area contributed by atoms with Crippen molar-refractivity contribution in [2.24, 2.45) is 0 Å². The van der Waals surface area contributed by atoms with E-state index in [1.165, 1.54) is 6.42 Å². The number of likely N-dealkylation sites (tertiary alicyclic amines) is 1. The van der Waals surface area contributed by atoms with Crippen LogP contribution in [0.3, 0.4) is 0 Å². The van der Waals surface area contributed by atoms with Gasteiger partial charge >= 0.3 is 6.09 Å². The van der Waals surface area contributed by atoms with E-state index in [4.69, 9.17) is 4.74 Å². The summed E-state index contributed by atoms with van der Waals surface area (Å²) in [5.41, 5.74) is 0.596. The van der Waals surface area contributed by atoms with Gasteiger partial charge in [0.1, 0.15) is 11.4 Å². The summed E-state index contributed by atoms with van der Waals surface area (Å²) in [6.07, 6.45) is 3.70. The zero-order valence-electron chi connectivity index (χ0n) is 15.9. The van der Waals surface area contributed by atoms with E-state index in [0.29, 0.717) is 6.04 Å². The summed E-state index contributed by atoms with van der Waals surface area (Å²) in [4.78, 5) is 21.5. The molecule has 0 spiro atoms. The molecule has 0 saturated carbocycles. The molecule has 24 heavy (non-hydrogen) atoms. The van der Waals surface area contributed by atoms with Gasteiger partial charge < -0.3 is 4.74 Å². The van der Waals surface area contributed by atoms with Crippen LogP contribution in [0.4, 0.5) is 10.6 Å². The Kier molecular flexibility index (Phi) is 5.86. The number of carbonyl (C=O) groups is 1. The van der Waals surface area contributed by atoms with Crippen molar-refractivity contribution in [2.75, 3.05) is 18.0 Å². The number of carbonyl (C=O) groups excluding carboxylic acids is 1. The molecule has 1 amide bonds. The molecule has 1 aromatic heterocycles. The van der Waals surface area contributed by atoms with Crippen LogP contribution in [0.5, 0.6) is 0 Å². The van der Waals surface area contributed by atoms with E-state index in [1.54, 1.807) is 11.1 Å². The SMILES string of the molecule is CCN1CCC[C@H]1c1cccnc1N(C(=O)OC(C)(C)C)C(C)C. The van der Waals surface area contributed by atoms with Crippen molar-refractivity contribution >= 4 is 11.9 Å². The summed E-state index contributed by atoms with van der Waals surface area (Å²) in [6.45, 7) is 13.9. The fourth-order valence-corrected chi connectivity index (χ4v) is 3.28. The highest BCUT2D eigenvalue weighted by Gasteiger charge is 2.33. The maximum Gasteiger partial charge on any atom is 0.416 e. The highest BCUT2D eigenvalue weighted by molar-refractivity contribution is 5.88. The van der Waals surface area contributed by atoms with Crippen molar-refractivity contribution < 1.29 is 9.53 Å². The Labute approximate surface area is 146 Å². The third-order valence-corrected chi connectivity index (χ3v) is 4.28. The number of rotatable bonds is 4. The van der Waals surface area contributed by atoms with Crippen molar-refractivity contribution in [3.8, 4) is 0 Å². The first-order valence-electron chi connectivity index (χ1n) is 8.95. The summed E-state index contributed by atoms with van der Waals surface area (Å²) in [7, 11) is 0. The normalized spacial score (nSPS) is 18.9. The van der Waals surface area contributed by atoms with Crippen LogP contribution in [-0.2, 0) is 4.74 Å². The van der Waals surface area contributed by atoms with Crippen LogP contribution in [0.15, 0.2) is 18.3 Å². The first-order valence-corrected chi connectivity index (χ1v) is 8.95. The van der Waals surface area contributed by atoms with Crippen molar-refractivity contribution in [1.29, 1.82) is 0 Å². The predicted octanol–water partition coefficient (Wildman–Crippen LogP) is 4.39. The maximum absolute atomic E-state index is 12.8. The van der Waals surface area contributed by atoms with Gasteiger partial charge in [0, 0.05) is 23.8 Å². The van der Waals surface area contributed by atoms with Crippen LogP contribution in [0, 0.1) is 0 Å². The Morgan fingerprint density at radius 3 is 2.75 bits per heavy atom. The minimum atomic E-state index is -0.526. The van der Waals surface area contributed by atoms with E-state index < -0.39 is 5.60 Å². The number of hydrogen-bond acceptors (Lipinski definition) is 4. The van der Waals surface area contributed by atoms with Gasteiger partial charge in [0.15, 0.2) is 0 Å².